The summed E-state index contributed by atoms with van der Waals surface area (Å²) in [5.41, 5.74) is 3.96. The molecule has 3 N–H and O–H groups in total. The van der Waals surface area contributed by atoms with Crippen molar-refractivity contribution in [1.29, 1.82) is 0 Å². The van der Waals surface area contributed by atoms with Gasteiger partial charge in [-0.3, -0.25) is 10.5 Å². The quantitative estimate of drug-likeness (QED) is 0.492. The molecule has 1 heterocycles. The number of ether oxygens (including phenoxy) is 1. The van der Waals surface area contributed by atoms with Gasteiger partial charge in [-0.25, -0.2) is 5.43 Å². The standard InChI is InChI=1S/C14H28BrN5O/c1-5-7-12(21-6-2)13(18-16)14-11(15)10-17-20(14)9-8-19(3)4/h10,12-13,18H,5-9,16H2,1-4H3. The van der Waals surface area contributed by atoms with Gasteiger partial charge in [0.2, 0.25) is 0 Å². The molecule has 0 aliphatic carbocycles. The van der Waals surface area contributed by atoms with Crippen molar-refractivity contribution >= 4 is 15.9 Å². The van der Waals surface area contributed by atoms with Crippen LogP contribution in [0, 0.1) is 0 Å². The van der Waals surface area contributed by atoms with Crippen molar-refractivity contribution in [1.82, 2.24) is 20.1 Å². The van der Waals surface area contributed by atoms with Crippen LogP contribution in [0.25, 0.3) is 0 Å². The number of hydrazine groups is 1. The zero-order valence-corrected chi connectivity index (χ0v) is 15.1. The highest BCUT2D eigenvalue weighted by atomic mass is 79.9. The summed E-state index contributed by atoms with van der Waals surface area (Å²) in [7, 11) is 4.11. The summed E-state index contributed by atoms with van der Waals surface area (Å²) in [5.74, 6) is 5.82. The smallest absolute Gasteiger partial charge is 0.0901 e. The van der Waals surface area contributed by atoms with Crippen LogP contribution in [0.2, 0.25) is 0 Å². The zero-order valence-electron chi connectivity index (χ0n) is 13.5. The van der Waals surface area contributed by atoms with Gasteiger partial charge in [-0.2, -0.15) is 5.10 Å². The monoisotopic (exact) mass is 361 g/mol. The summed E-state index contributed by atoms with van der Waals surface area (Å²) in [6.45, 7) is 6.57. The molecule has 0 saturated heterocycles. The van der Waals surface area contributed by atoms with E-state index in [-0.39, 0.29) is 12.1 Å². The fourth-order valence-corrected chi connectivity index (χ4v) is 2.90. The van der Waals surface area contributed by atoms with Crippen molar-refractivity contribution < 1.29 is 4.74 Å². The number of hydrogen-bond donors (Lipinski definition) is 2. The molecule has 0 fully saturated rings. The first-order valence-corrected chi connectivity index (χ1v) is 8.28. The average Bonchev–Trinajstić information content (AvgIpc) is 2.80. The maximum atomic E-state index is 5.88. The van der Waals surface area contributed by atoms with Crippen molar-refractivity contribution in [2.45, 2.75) is 45.4 Å². The molecule has 0 amide bonds. The van der Waals surface area contributed by atoms with E-state index in [1.807, 2.05) is 17.8 Å². The summed E-state index contributed by atoms with van der Waals surface area (Å²) in [5, 5.41) is 4.45. The second kappa shape index (κ2) is 9.53. The maximum absolute atomic E-state index is 5.88. The average molecular weight is 362 g/mol. The Labute approximate surface area is 136 Å². The number of likely N-dealkylation sites (N-methyl/N-ethyl adjacent to an activating group) is 1. The first-order chi connectivity index (χ1) is 10.0. The normalized spacial score (nSPS) is 14.6. The van der Waals surface area contributed by atoms with Crippen LogP contribution < -0.4 is 11.3 Å². The SMILES string of the molecule is CCCC(OCC)C(NN)c1c(Br)cnn1CCN(C)C. The number of nitrogens with one attached hydrogen (secondary N) is 1. The Balaban J connectivity index is 2.99. The zero-order chi connectivity index (χ0) is 15.8. The molecule has 0 aromatic carbocycles. The summed E-state index contributed by atoms with van der Waals surface area (Å²) >= 11 is 3.59. The minimum atomic E-state index is -0.0797. The van der Waals surface area contributed by atoms with Crippen molar-refractivity contribution in [3.63, 3.8) is 0 Å². The Hall–Kier alpha value is -0.470. The molecule has 2 unspecified atom stereocenters. The van der Waals surface area contributed by atoms with E-state index in [2.05, 4.69) is 52.4 Å². The highest BCUT2D eigenvalue weighted by Gasteiger charge is 2.27. The lowest BCUT2D eigenvalue weighted by molar-refractivity contribution is 0.0250. The molecule has 2 atom stereocenters. The summed E-state index contributed by atoms with van der Waals surface area (Å²) < 4.78 is 8.84. The first kappa shape index (κ1) is 18.6. The molecule has 0 aliphatic heterocycles. The minimum Gasteiger partial charge on any atom is -0.376 e. The lowest BCUT2D eigenvalue weighted by Gasteiger charge is -2.27. The Kier molecular flexibility index (Phi) is 8.43. The fraction of sp³-hybridized carbons (Fsp3) is 0.786. The molecule has 0 aliphatic rings. The topological polar surface area (TPSA) is 68.3 Å². The predicted octanol–water partition coefficient (Wildman–Crippen LogP) is 1.92. The maximum Gasteiger partial charge on any atom is 0.0901 e. The van der Waals surface area contributed by atoms with E-state index < -0.39 is 0 Å². The van der Waals surface area contributed by atoms with E-state index in [0.717, 1.165) is 36.1 Å². The van der Waals surface area contributed by atoms with Crippen LogP contribution in [-0.4, -0.2) is 48.0 Å². The molecule has 6 nitrogen and oxygen atoms in total. The van der Waals surface area contributed by atoms with Crippen LogP contribution >= 0.6 is 15.9 Å². The number of hydrogen-bond acceptors (Lipinski definition) is 5. The first-order valence-electron chi connectivity index (χ1n) is 7.48. The summed E-state index contributed by atoms with van der Waals surface area (Å²) in [6, 6.07) is -0.0797. The number of rotatable bonds is 10. The molecule has 7 heteroatoms. The van der Waals surface area contributed by atoms with Gasteiger partial charge >= 0.3 is 0 Å². The van der Waals surface area contributed by atoms with E-state index in [1.54, 1.807) is 0 Å². The largest absolute Gasteiger partial charge is 0.376 e. The van der Waals surface area contributed by atoms with E-state index >= 15 is 0 Å². The molecule has 0 spiro atoms. The Morgan fingerprint density at radius 2 is 2.19 bits per heavy atom. The Morgan fingerprint density at radius 1 is 1.48 bits per heavy atom. The Morgan fingerprint density at radius 3 is 2.71 bits per heavy atom. The van der Waals surface area contributed by atoms with Gasteiger partial charge in [0.05, 0.1) is 35.1 Å². The number of nitrogens with zero attached hydrogens (tertiary/aromatic N) is 3. The highest BCUT2D eigenvalue weighted by Crippen LogP contribution is 2.28. The minimum absolute atomic E-state index is 0.0381. The van der Waals surface area contributed by atoms with E-state index in [1.165, 1.54) is 0 Å². The molecule has 21 heavy (non-hydrogen) atoms. The molecule has 0 saturated carbocycles. The molecular weight excluding hydrogens is 334 g/mol. The second-order valence-electron chi connectivity index (χ2n) is 5.33. The third-order valence-electron chi connectivity index (χ3n) is 3.39. The predicted molar refractivity (Wildman–Crippen MR) is 88.9 cm³/mol. The van der Waals surface area contributed by atoms with Crippen molar-refractivity contribution in [3.05, 3.63) is 16.4 Å². The van der Waals surface area contributed by atoms with Gasteiger partial charge in [0.25, 0.3) is 0 Å². The number of nitrogens with two attached hydrogens (primary N) is 1. The lowest BCUT2D eigenvalue weighted by atomic mass is 10.0. The molecule has 1 aromatic rings. The van der Waals surface area contributed by atoms with Gasteiger partial charge in [-0.15, -0.1) is 0 Å². The molecule has 1 rings (SSSR count). The van der Waals surface area contributed by atoms with Gasteiger partial charge in [-0.05, 0) is 43.4 Å². The van der Waals surface area contributed by atoms with Gasteiger partial charge in [-0.1, -0.05) is 13.3 Å². The van der Waals surface area contributed by atoms with Crippen LogP contribution in [0.3, 0.4) is 0 Å². The second-order valence-corrected chi connectivity index (χ2v) is 6.19. The molecule has 122 valence electrons. The lowest BCUT2D eigenvalue weighted by Crippen LogP contribution is -2.40. The van der Waals surface area contributed by atoms with Gasteiger partial charge in [0, 0.05) is 13.2 Å². The van der Waals surface area contributed by atoms with Crippen LogP contribution in [-0.2, 0) is 11.3 Å². The highest BCUT2D eigenvalue weighted by molar-refractivity contribution is 9.10. The van der Waals surface area contributed by atoms with Gasteiger partial charge in [0.1, 0.15) is 0 Å². The van der Waals surface area contributed by atoms with Crippen molar-refractivity contribution in [3.8, 4) is 0 Å². The van der Waals surface area contributed by atoms with Crippen LogP contribution in [0.15, 0.2) is 10.7 Å². The van der Waals surface area contributed by atoms with E-state index in [4.69, 9.17) is 10.6 Å². The molecule has 0 radical (unpaired) electrons. The summed E-state index contributed by atoms with van der Waals surface area (Å²) in [6.07, 6.45) is 3.86. The fourth-order valence-electron chi connectivity index (χ4n) is 2.36. The van der Waals surface area contributed by atoms with E-state index in [9.17, 15) is 0 Å². The van der Waals surface area contributed by atoms with Gasteiger partial charge in [0.15, 0.2) is 0 Å². The van der Waals surface area contributed by atoms with Crippen molar-refractivity contribution in [2.24, 2.45) is 5.84 Å². The molecule has 0 bridgehead atoms. The third-order valence-corrected chi connectivity index (χ3v) is 4.00. The van der Waals surface area contributed by atoms with Gasteiger partial charge < -0.3 is 9.64 Å². The van der Waals surface area contributed by atoms with Crippen LogP contribution in [0.1, 0.15) is 38.4 Å². The van der Waals surface area contributed by atoms with Crippen LogP contribution in [0.4, 0.5) is 0 Å². The molecular formula is C14H28BrN5O. The van der Waals surface area contributed by atoms with Crippen molar-refractivity contribution in [2.75, 3.05) is 27.2 Å². The van der Waals surface area contributed by atoms with Crippen LogP contribution in [0.5, 0.6) is 0 Å². The molecule has 1 aromatic heterocycles. The summed E-state index contributed by atoms with van der Waals surface area (Å²) in [4.78, 5) is 2.14. The Bertz CT molecular complexity index is 404. The number of halogens is 1. The van der Waals surface area contributed by atoms with E-state index in [0.29, 0.717) is 6.61 Å². The number of aromatic nitrogens is 2. The third kappa shape index (κ3) is 5.34.